The summed E-state index contributed by atoms with van der Waals surface area (Å²) in [5.41, 5.74) is 3.99. The third kappa shape index (κ3) is 2.97. The fraction of sp³-hybridized carbons (Fsp3) is 0.150. The molecule has 0 aliphatic rings. The number of benzene rings is 2. The predicted molar refractivity (Wildman–Crippen MR) is 102 cm³/mol. The first-order chi connectivity index (χ1) is 12.8. The summed E-state index contributed by atoms with van der Waals surface area (Å²) in [5, 5.41) is 8.75. The quantitative estimate of drug-likeness (QED) is 0.597. The van der Waals surface area contributed by atoms with Gasteiger partial charge in [0.1, 0.15) is 17.9 Å². The minimum atomic E-state index is 0.603. The van der Waals surface area contributed by atoms with Gasteiger partial charge in [0.15, 0.2) is 5.65 Å². The monoisotopic (exact) mass is 345 g/mol. The van der Waals surface area contributed by atoms with E-state index in [2.05, 4.69) is 39.4 Å². The molecule has 0 atom stereocenters. The summed E-state index contributed by atoms with van der Waals surface area (Å²) >= 11 is 0. The molecular weight excluding hydrogens is 326 g/mol. The Bertz CT molecular complexity index is 1060. The molecule has 2 heterocycles. The highest BCUT2D eigenvalue weighted by molar-refractivity contribution is 5.87. The van der Waals surface area contributed by atoms with Gasteiger partial charge in [0.25, 0.3) is 0 Å². The Hall–Kier alpha value is -3.41. The van der Waals surface area contributed by atoms with Crippen LogP contribution in [-0.4, -0.2) is 26.9 Å². The highest BCUT2D eigenvalue weighted by Crippen LogP contribution is 2.24. The van der Waals surface area contributed by atoms with Crippen molar-refractivity contribution in [1.29, 1.82) is 0 Å². The highest BCUT2D eigenvalue weighted by atomic mass is 16.5. The maximum atomic E-state index is 5.41. The van der Waals surface area contributed by atoms with Crippen molar-refractivity contribution in [2.45, 2.75) is 13.5 Å². The van der Waals surface area contributed by atoms with E-state index in [0.29, 0.717) is 6.54 Å². The fourth-order valence-electron chi connectivity index (χ4n) is 2.96. The van der Waals surface area contributed by atoms with Gasteiger partial charge in [-0.15, -0.1) is 0 Å². The van der Waals surface area contributed by atoms with E-state index in [1.54, 1.807) is 19.6 Å². The van der Waals surface area contributed by atoms with E-state index in [-0.39, 0.29) is 0 Å². The molecule has 130 valence electrons. The van der Waals surface area contributed by atoms with Crippen LogP contribution in [0.4, 0.5) is 5.82 Å². The maximum absolute atomic E-state index is 5.41. The number of fused-ring (bicyclic) bond motifs is 1. The number of ether oxygens (including phenoxy) is 1. The first kappa shape index (κ1) is 16.1. The van der Waals surface area contributed by atoms with Crippen molar-refractivity contribution in [2.24, 2.45) is 0 Å². The Morgan fingerprint density at radius 3 is 2.81 bits per heavy atom. The van der Waals surface area contributed by atoms with Gasteiger partial charge in [0, 0.05) is 12.1 Å². The molecule has 2 aromatic heterocycles. The Kier molecular flexibility index (Phi) is 4.23. The van der Waals surface area contributed by atoms with Crippen molar-refractivity contribution >= 4 is 16.9 Å². The number of aryl methyl sites for hydroxylation is 1. The van der Waals surface area contributed by atoms with Crippen LogP contribution in [0, 0.1) is 6.92 Å². The molecule has 0 saturated heterocycles. The van der Waals surface area contributed by atoms with Gasteiger partial charge >= 0.3 is 0 Å². The number of nitrogens with zero attached hydrogens (tertiary/aromatic N) is 4. The lowest BCUT2D eigenvalue weighted by molar-refractivity contribution is 0.410. The number of nitrogens with one attached hydrogen (secondary N) is 1. The molecule has 0 saturated carbocycles. The number of methoxy groups -OCH3 is 1. The third-order valence-electron chi connectivity index (χ3n) is 4.25. The highest BCUT2D eigenvalue weighted by Gasteiger charge is 2.11. The van der Waals surface area contributed by atoms with E-state index in [0.717, 1.165) is 33.9 Å². The van der Waals surface area contributed by atoms with Gasteiger partial charge in [-0.25, -0.2) is 14.6 Å². The number of hydrogen-bond donors (Lipinski definition) is 1. The average Bonchev–Trinajstić information content (AvgIpc) is 3.11. The molecule has 2 aromatic carbocycles. The summed E-state index contributed by atoms with van der Waals surface area (Å²) < 4.78 is 7.24. The maximum Gasteiger partial charge on any atom is 0.168 e. The van der Waals surface area contributed by atoms with Crippen LogP contribution in [0.25, 0.3) is 16.7 Å². The Balaban J connectivity index is 1.67. The lowest BCUT2D eigenvalue weighted by Crippen LogP contribution is -2.04. The summed E-state index contributed by atoms with van der Waals surface area (Å²) in [5.74, 6) is 1.60. The zero-order valence-electron chi connectivity index (χ0n) is 14.7. The molecule has 0 aliphatic heterocycles. The lowest BCUT2D eigenvalue weighted by Gasteiger charge is -2.10. The second-order valence-corrected chi connectivity index (χ2v) is 6.02. The second kappa shape index (κ2) is 6.84. The molecule has 0 aliphatic carbocycles. The Labute approximate surface area is 151 Å². The van der Waals surface area contributed by atoms with Crippen LogP contribution in [0.15, 0.2) is 61.1 Å². The summed E-state index contributed by atoms with van der Waals surface area (Å²) in [4.78, 5) is 8.81. The molecule has 0 fully saturated rings. The minimum Gasteiger partial charge on any atom is -0.496 e. The number of aromatic nitrogens is 4. The van der Waals surface area contributed by atoms with Crippen LogP contribution < -0.4 is 10.1 Å². The normalized spacial score (nSPS) is 10.8. The van der Waals surface area contributed by atoms with Gasteiger partial charge in [0.05, 0.1) is 24.4 Å². The molecule has 4 rings (SSSR count). The summed E-state index contributed by atoms with van der Waals surface area (Å²) in [6.07, 6.45) is 3.35. The molecule has 0 radical (unpaired) electrons. The van der Waals surface area contributed by atoms with Crippen LogP contribution >= 0.6 is 0 Å². The molecule has 4 aromatic rings. The summed E-state index contributed by atoms with van der Waals surface area (Å²) in [6, 6.07) is 16.1. The van der Waals surface area contributed by atoms with E-state index in [1.807, 2.05) is 41.1 Å². The van der Waals surface area contributed by atoms with Gasteiger partial charge in [-0.3, -0.25) is 0 Å². The minimum absolute atomic E-state index is 0.603. The largest absolute Gasteiger partial charge is 0.496 e. The first-order valence-corrected chi connectivity index (χ1v) is 8.38. The molecule has 0 unspecified atom stereocenters. The second-order valence-electron chi connectivity index (χ2n) is 6.02. The van der Waals surface area contributed by atoms with Gasteiger partial charge in [-0.1, -0.05) is 30.3 Å². The molecule has 6 nitrogen and oxygen atoms in total. The van der Waals surface area contributed by atoms with Gasteiger partial charge in [-0.2, -0.15) is 5.10 Å². The van der Waals surface area contributed by atoms with Crippen LogP contribution in [0.3, 0.4) is 0 Å². The summed E-state index contributed by atoms with van der Waals surface area (Å²) in [7, 11) is 1.67. The molecule has 1 N–H and O–H groups in total. The van der Waals surface area contributed by atoms with Crippen molar-refractivity contribution in [3.63, 3.8) is 0 Å². The predicted octanol–water partition coefficient (Wildman–Crippen LogP) is 3.74. The third-order valence-corrected chi connectivity index (χ3v) is 4.25. The molecule has 0 spiro atoms. The van der Waals surface area contributed by atoms with Crippen molar-refractivity contribution < 1.29 is 4.74 Å². The standard InChI is InChI=1S/C20H19N5O/c1-14-6-5-8-16(10-14)25-20-17(12-24-25)19(22-13-23-20)21-11-15-7-3-4-9-18(15)26-2/h3-10,12-13H,11H2,1-2H3,(H,21,22,23). The van der Waals surface area contributed by atoms with Crippen molar-refractivity contribution in [2.75, 3.05) is 12.4 Å². The zero-order chi connectivity index (χ0) is 17.9. The van der Waals surface area contributed by atoms with Crippen LogP contribution in [0.5, 0.6) is 5.75 Å². The number of anilines is 1. The zero-order valence-corrected chi connectivity index (χ0v) is 14.7. The van der Waals surface area contributed by atoms with Crippen LogP contribution in [0.1, 0.15) is 11.1 Å². The van der Waals surface area contributed by atoms with Crippen LogP contribution in [-0.2, 0) is 6.54 Å². The van der Waals surface area contributed by atoms with Gasteiger partial charge < -0.3 is 10.1 Å². The van der Waals surface area contributed by atoms with E-state index < -0.39 is 0 Å². The van der Waals surface area contributed by atoms with E-state index in [9.17, 15) is 0 Å². The average molecular weight is 345 g/mol. The van der Waals surface area contributed by atoms with Crippen molar-refractivity contribution in [1.82, 2.24) is 19.7 Å². The van der Waals surface area contributed by atoms with E-state index in [4.69, 9.17) is 4.74 Å². The van der Waals surface area contributed by atoms with Crippen LogP contribution in [0.2, 0.25) is 0 Å². The topological polar surface area (TPSA) is 64.9 Å². The summed E-state index contributed by atoms with van der Waals surface area (Å²) in [6.45, 7) is 2.66. The van der Waals surface area contributed by atoms with Gasteiger partial charge in [-0.05, 0) is 30.7 Å². The fourth-order valence-corrected chi connectivity index (χ4v) is 2.96. The lowest BCUT2D eigenvalue weighted by atomic mass is 10.2. The van der Waals surface area contributed by atoms with Crippen molar-refractivity contribution in [3.8, 4) is 11.4 Å². The molecular formula is C20H19N5O. The molecule has 26 heavy (non-hydrogen) atoms. The molecule has 6 heteroatoms. The number of rotatable bonds is 5. The smallest absolute Gasteiger partial charge is 0.168 e. The van der Waals surface area contributed by atoms with E-state index >= 15 is 0 Å². The Morgan fingerprint density at radius 1 is 1.08 bits per heavy atom. The van der Waals surface area contributed by atoms with Gasteiger partial charge in [0.2, 0.25) is 0 Å². The van der Waals surface area contributed by atoms with Crippen molar-refractivity contribution in [3.05, 3.63) is 72.2 Å². The first-order valence-electron chi connectivity index (χ1n) is 8.38. The Morgan fingerprint density at radius 2 is 1.96 bits per heavy atom. The molecule has 0 bridgehead atoms. The molecule has 0 amide bonds. The SMILES string of the molecule is COc1ccccc1CNc1ncnc2c1cnn2-c1cccc(C)c1. The number of hydrogen-bond acceptors (Lipinski definition) is 5. The van der Waals surface area contributed by atoms with E-state index in [1.165, 1.54) is 5.56 Å². The number of para-hydroxylation sites is 1.